The van der Waals surface area contributed by atoms with Crippen LogP contribution in [0.4, 0.5) is 0 Å². The van der Waals surface area contributed by atoms with E-state index in [1.807, 2.05) is 74.5 Å². The molecule has 33 heavy (non-hydrogen) atoms. The first-order chi connectivity index (χ1) is 15.9. The number of aromatic nitrogens is 2. The van der Waals surface area contributed by atoms with Crippen molar-refractivity contribution in [3.63, 3.8) is 0 Å². The Bertz CT molecular complexity index is 1430. The first-order valence-electron chi connectivity index (χ1n) is 11.0. The van der Waals surface area contributed by atoms with E-state index >= 15 is 0 Å². The number of aryl methyl sites for hydroxylation is 2. The van der Waals surface area contributed by atoms with Gasteiger partial charge < -0.3 is 4.90 Å². The number of carbonyl (C=O) groups excluding carboxylic acids is 1. The lowest BCUT2D eigenvalue weighted by Crippen LogP contribution is -2.45. The van der Waals surface area contributed by atoms with Crippen LogP contribution in [0.25, 0.3) is 10.2 Å². The second kappa shape index (κ2) is 8.15. The minimum atomic E-state index is -0.780. The van der Waals surface area contributed by atoms with Crippen LogP contribution in [0.1, 0.15) is 40.1 Å². The molecule has 0 radical (unpaired) electrons. The molecule has 0 bridgehead atoms. The molecule has 1 fully saturated rings. The molecule has 0 saturated carbocycles. The molecule has 5 rings (SSSR count). The zero-order chi connectivity index (χ0) is 23.3. The monoisotopic (exact) mass is 459 g/mol. The number of amides is 1. The molecule has 2 aromatic carbocycles. The van der Waals surface area contributed by atoms with Gasteiger partial charge in [0.1, 0.15) is 10.9 Å². The number of likely N-dealkylation sites (tertiary alicyclic amines) is 1. The molecule has 1 atom stereocenters. The van der Waals surface area contributed by atoms with Crippen LogP contribution in [-0.4, -0.2) is 33.5 Å². The van der Waals surface area contributed by atoms with E-state index in [9.17, 15) is 14.4 Å². The largest absolute Gasteiger partial charge is 0.344 e. The fraction of sp³-hybridized carbons (Fsp3) is 0.269. The van der Waals surface area contributed by atoms with Gasteiger partial charge in [-0.3, -0.25) is 14.2 Å². The molecule has 4 aromatic rings. The van der Waals surface area contributed by atoms with Crippen LogP contribution in [0.3, 0.4) is 0 Å². The lowest BCUT2D eigenvalue weighted by Gasteiger charge is -2.24. The number of carbonyl (C=O) groups is 1. The van der Waals surface area contributed by atoms with Crippen molar-refractivity contribution in [2.24, 2.45) is 0 Å². The van der Waals surface area contributed by atoms with E-state index in [0.29, 0.717) is 23.2 Å². The van der Waals surface area contributed by atoms with Crippen molar-refractivity contribution in [3.05, 3.63) is 103 Å². The summed E-state index contributed by atoms with van der Waals surface area (Å²) in [6.45, 7) is 4.40. The maximum absolute atomic E-state index is 14.1. The number of hydrogen-bond donors (Lipinski definition) is 0. The normalized spacial score (nSPS) is 16.3. The molecule has 168 valence electrons. The van der Waals surface area contributed by atoms with E-state index in [4.69, 9.17) is 0 Å². The third kappa shape index (κ3) is 3.35. The van der Waals surface area contributed by atoms with Crippen LogP contribution in [0.2, 0.25) is 0 Å². The van der Waals surface area contributed by atoms with Gasteiger partial charge in [0.2, 0.25) is 5.91 Å². The summed E-state index contributed by atoms with van der Waals surface area (Å²) in [5, 5.41) is 0.524. The van der Waals surface area contributed by atoms with Crippen LogP contribution in [0, 0.1) is 13.8 Å². The Morgan fingerprint density at radius 2 is 1.48 bits per heavy atom. The van der Waals surface area contributed by atoms with Crippen molar-refractivity contribution in [1.29, 1.82) is 0 Å². The lowest BCUT2D eigenvalue weighted by atomic mass is 9.98. The molecule has 7 heteroatoms. The number of likely N-dealkylation sites (N-methyl/N-ethyl adjacent to an activating group) is 1. The quantitative estimate of drug-likeness (QED) is 0.465. The minimum absolute atomic E-state index is 0.194. The topological polar surface area (TPSA) is 64.3 Å². The van der Waals surface area contributed by atoms with Gasteiger partial charge in [0.25, 0.3) is 5.56 Å². The van der Waals surface area contributed by atoms with E-state index < -0.39 is 17.8 Å². The Labute approximate surface area is 195 Å². The maximum Gasteiger partial charge on any atom is 0.333 e. The Morgan fingerprint density at radius 3 is 2.00 bits per heavy atom. The predicted octanol–water partition coefficient (Wildman–Crippen LogP) is 3.88. The van der Waals surface area contributed by atoms with Crippen LogP contribution < -0.4 is 11.2 Å². The standard InChI is InChI=1S/C26H25N3O3S/c1-16-17(2)33-25-21(16)24(31)28(20-14-15-27(3)23(20)30)26(32)29(25)22(18-10-6-4-7-11-18)19-12-8-5-9-13-19/h4-13,20,22H,14-15H2,1-3H3/t20-/m1/s1. The van der Waals surface area contributed by atoms with Gasteiger partial charge in [0, 0.05) is 18.5 Å². The van der Waals surface area contributed by atoms with Crippen molar-refractivity contribution < 1.29 is 4.79 Å². The van der Waals surface area contributed by atoms with Crippen LogP contribution in [0.5, 0.6) is 0 Å². The Kier molecular flexibility index (Phi) is 5.29. The van der Waals surface area contributed by atoms with Gasteiger partial charge in [-0.25, -0.2) is 9.36 Å². The molecule has 0 unspecified atom stereocenters. The zero-order valence-corrected chi connectivity index (χ0v) is 19.6. The highest BCUT2D eigenvalue weighted by atomic mass is 32.1. The second-order valence-electron chi connectivity index (χ2n) is 8.58. The minimum Gasteiger partial charge on any atom is -0.344 e. The van der Waals surface area contributed by atoms with Crippen molar-refractivity contribution in [3.8, 4) is 0 Å². The summed E-state index contributed by atoms with van der Waals surface area (Å²) in [6.07, 6.45) is 0.444. The van der Waals surface area contributed by atoms with Gasteiger partial charge in [-0.15, -0.1) is 11.3 Å². The molecule has 0 N–H and O–H groups in total. The molecule has 1 aliphatic heterocycles. The lowest BCUT2D eigenvalue weighted by molar-refractivity contribution is -0.129. The van der Waals surface area contributed by atoms with Crippen LogP contribution >= 0.6 is 11.3 Å². The molecule has 3 heterocycles. The number of rotatable bonds is 4. The Hall–Kier alpha value is -3.45. The summed E-state index contributed by atoms with van der Waals surface area (Å²) >= 11 is 1.46. The van der Waals surface area contributed by atoms with Gasteiger partial charge in [-0.2, -0.15) is 0 Å². The van der Waals surface area contributed by atoms with Gasteiger partial charge in [0.05, 0.1) is 11.4 Å². The maximum atomic E-state index is 14.1. The molecule has 0 aliphatic carbocycles. The third-order valence-electron chi connectivity index (χ3n) is 6.63. The summed E-state index contributed by atoms with van der Waals surface area (Å²) in [4.78, 5) is 43.9. The zero-order valence-electron chi connectivity index (χ0n) is 18.8. The van der Waals surface area contributed by atoms with Crippen LogP contribution in [-0.2, 0) is 4.79 Å². The average molecular weight is 460 g/mol. The summed E-state index contributed by atoms with van der Waals surface area (Å²) in [6, 6.07) is 18.4. The van der Waals surface area contributed by atoms with Gasteiger partial charge in [-0.05, 0) is 37.0 Å². The van der Waals surface area contributed by atoms with E-state index in [2.05, 4.69) is 0 Å². The first kappa shape index (κ1) is 21.4. The summed E-state index contributed by atoms with van der Waals surface area (Å²) in [5.74, 6) is -0.194. The van der Waals surface area contributed by atoms with Gasteiger partial charge in [0.15, 0.2) is 0 Å². The molecule has 1 saturated heterocycles. The number of nitrogens with zero attached hydrogens (tertiary/aromatic N) is 3. The molecule has 0 spiro atoms. The highest BCUT2D eigenvalue weighted by molar-refractivity contribution is 7.18. The SMILES string of the molecule is Cc1sc2c(c1C)c(=O)n([C@@H]1CCN(C)C1=O)c(=O)n2C(c1ccccc1)c1ccccc1. The Balaban J connectivity index is 1.91. The molecule has 2 aromatic heterocycles. The smallest absolute Gasteiger partial charge is 0.333 e. The molecular formula is C26H25N3O3S. The fourth-order valence-electron chi connectivity index (χ4n) is 4.75. The second-order valence-corrected chi connectivity index (χ2v) is 9.78. The average Bonchev–Trinajstić information content (AvgIpc) is 3.31. The third-order valence-corrected chi connectivity index (χ3v) is 7.84. The highest BCUT2D eigenvalue weighted by Crippen LogP contribution is 2.34. The van der Waals surface area contributed by atoms with Crippen molar-refractivity contribution >= 4 is 27.5 Å². The van der Waals surface area contributed by atoms with Crippen molar-refractivity contribution in [1.82, 2.24) is 14.0 Å². The number of thiophene rings is 1. The summed E-state index contributed by atoms with van der Waals surface area (Å²) in [7, 11) is 1.71. The van der Waals surface area contributed by atoms with E-state index in [1.54, 1.807) is 16.5 Å². The predicted molar refractivity (Wildman–Crippen MR) is 131 cm³/mol. The van der Waals surface area contributed by atoms with E-state index in [1.165, 1.54) is 15.9 Å². The first-order valence-corrected chi connectivity index (χ1v) is 11.8. The van der Waals surface area contributed by atoms with E-state index in [-0.39, 0.29) is 11.5 Å². The fourth-order valence-corrected chi connectivity index (χ4v) is 5.92. The van der Waals surface area contributed by atoms with E-state index in [0.717, 1.165) is 21.6 Å². The molecule has 1 aliphatic rings. The van der Waals surface area contributed by atoms with Crippen molar-refractivity contribution in [2.75, 3.05) is 13.6 Å². The highest BCUT2D eigenvalue weighted by Gasteiger charge is 2.35. The number of benzene rings is 2. The molecule has 6 nitrogen and oxygen atoms in total. The van der Waals surface area contributed by atoms with Crippen molar-refractivity contribution in [2.45, 2.75) is 32.4 Å². The molecular weight excluding hydrogens is 434 g/mol. The summed E-state index contributed by atoms with van der Waals surface area (Å²) < 4.78 is 2.92. The summed E-state index contributed by atoms with van der Waals surface area (Å²) in [5.41, 5.74) is 1.93. The van der Waals surface area contributed by atoms with Gasteiger partial charge in [-0.1, -0.05) is 60.7 Å². The molecule has 1 amide bonds. The Morgan fingerprint density at radius 1 is 0.909 bits per heavy atom. The number of hydrogen-bond acceptors (Lipinski definition) is 4. The number of fused-ring (bicyclic) bond motifs is 1. The van der Waals surface area contributed by atoms with Crippen LogP contribution in [0.15, 0.2) is 70.3 Å². The van der Waals surface area contributed by atoms with Gasteiger partial charge >= 0.3 is 5.69 Å².